The number of rotatable bonds is 7. The predicted octanol–water partition coefficient (Wildman–Crippen LogP) is 1.39. The van der Waals surface area contributed by atoms with Crippen molar-refractivity contribution in [2.45, 2.75) is 26.2 Å². The van der Waals surface area contributed by atoms with Crippen LogP contribution in [0.3, 0.4) is 0 Å². The van der Waals surface area contributed by atoms with E-state index in [1.165, 1.54) is 25.9 Å². The minimum absolute atomic E-state index is 0.783. The summed E-state index contributed by atoms with van der Waals surface area (Å²) < 4.78 is 5.56. The summed E-state index contributed by atoms with van der Waals surface area (Å²) in [6, 6.07) is 4.10. The lowest BCUT2D eigenvalue weighted by Gasteiger charge is -2.31. The van der Waals surface area contributed by atoms with Crippen molar-refractivity contribution in [3.63, 3.8) is 0 Å². The molecule has 1 aromatic heterocycles. The molecule has 0 spiro atoms. The Bertz CT molecular complexity index is 356. The van der Waals surface area contributed by atoms with E-state index in [1.54, 1.807) is 0 Å². The maximum atomic E-state index is 5.59. The Morgan fingerprint density at radius 3 is 2.79 bits per heavy atom. The third kappa shape index (κ3) is 4.97. The lowest BCUT2D eigenvalue weighted by atomic mass is 9.97. The van der Waals surface area contributed by atoms with Gasteiger partial charge in [-0.25, -0.2) is 0 Å². The number of nitrogens with one attached hydrogen (secondary N) is 1. The van der Waals surface area contributed by atoms with Gasteiger partial charge in [-0.15, -0.1) is 0 Å². The minimum Gasteiger partial charge on any atom is -0.466 e. The number of hydrogen-bond donors (Lipinski definition) is 2. The van der Waals surface area contributed by atoms with Crippen LogP contribution in [0.15, 0.2) is 16.5 Å². The van der Waals surface area contributed by atoms with Gasteiger partial charge < -0.3 is 20.4 Å². The van der Waals surface area contributed by atoms with Gasteiger partial charge in [0.1, 0.15) is 11.5 Å². The van der Waals surface area contributed by atoms with E-state index in [0.717, 1.165) is 50.0 Å². The number of nitrogens with zero attached hydrogens (tertiary/aromatic N) is 1. The summed E-state index contributed by atoms with van der Waals surface area (Å²) in [6.45, 7) is 8.39. The van der Waals surface area contributed by atoms with Gasteiger partial charge in [-0.1, -0.05) is 0 Å². The molecule has 0 bridgehead atoms. The number of piperidine rings is 1. The van der Waals surface area contributed by atoms with E-state index in [2.05, 4.69) is 16.3 Å². The summed E-state index contributed by atoms with van der Waals surface area (Å²) in [4.78, 5) is 2.47. The average Bonchev–Trinajstić information content (AvgIpc) is 2.83. The van der Waals surface area contributed by atoms with E-state index in [0.29, 0.717) is 0 Å². The van der Waals surface area contributed by atoms with Crippen molar-refractivity contribution >= 4 is 0 Å². The summed E-state index contributed by atoms with van der Waals surface area (Å²) in [7, 11) is 0. The normalized spacial score (nSPS) is 18.0. The zero-order valence-corrected chi connectivity index (χ0v) is 12.0. The quantitative estimate of drug-likeness (QED) is 0.732. The molecule has 1 aromatic rings. The zero-order valence-electron chi connectivity index (χ0n) is 12.0. The Kier molecular flexibility index (Phi) is 5.89. The predicted molar refractivity (Wildman–Crippen MR) is 78.2 cm³/mol. The van der Waals surface area contributed by atoms with Crippen LogP contribution in [0.5, 0.6) is 0 Å². The zero-order chi connectivity index (χ0) is 13.5. The van der Waals surface area contributed by atoms with Crippen molar-refractivity contribution in [2.24, 2.45) is 11.7 Å². The molecule has 0 aliphatic carbocycles. The molecule has 0 unspecified atom stereocenters. The van der Waals surface area contributed by atoms with Crippen LogP contribution in [0, 0.1) is 12.8 Å². The van der Waals surface area contributed by atoms with Crippen molar-refractivity contribution in [1.29, 1.82) is 0 Å². The standard InChI is InChI=1S/C15H27N3O/c1-13-2-3-15(19-13)4-8-17-12-14-5-9-18(10-6-14)11-7-16/h2-3,14,17H,4-12,16H2,1H3. The Labute approximate surface area is 116 Å². The summed E-state index contributed by atoms with van der Waals surface area (Å²) >= 11 is 0. The Balaban J connectivity index is 1.54. The average molecular weight is 265 g/mol. The van der Waals surface area contributed by atoms with Gasteiger partial charge in [0.2, 0.25) is 0 Å². The Hall–Kier alpha value is -0.840. The number of hydrogen-bond acceptors (Lipinski definition) is 4. The third-order valence-electron chi connectivity index (χ3n) is 3.93. The van der Waals surface area contributed by atoms with Crippen molar-refractivity contribution in [3.05, 3.63) is 23.7 Å². The van der Waals surface area contributed by atoms with Crippen LogP contribution >= 0.6 is 0 Å². The van der Waals surface area contributed by atoms with Gasteiger partial charge in [-0.05, 0) is 57.5 Å². The van der Waals surface area contributed by atoms with Gasteiger partial charge in [0.15, 0.2) is 0 Å². The van der Waals surface area contributed by atoms with Gasteiger partial charge in [0, 0.05) is 26.1 Å². The molecule has 1 aliphatic rings. The molecule has 0 atom stereocenters. The lowest BCUT2D eigenvalue weighted by molar-refractivity contribution is 0.186. The molecule has 0 amide bonds. The fraction of sp³-hybridized carbons (Fsp3) is 0.733. The molecule has 1 aliphatic heterocycles. The van der Waals surface area contributed by atoms with E-state index in [1.807, 2.05) is 13.0 Å². The maximum Gasteiger partial charge on any atom is 0.105 e. The molecule has 108 valence electrons. The molecule has 3 N–H and O–H groups in total. The maximum absolute atomic E-state index is 5.59. The molecule has 0 aromatic carbocycles. The van der Waals surface area contributed by atoms with Gasteiger partial charge in [0.25, 0.3) is 0 Å². The highest BCUT2D eigenvalue weighted by Crippen LogP contribution is 2.15. The second kappa shape index (κ2) is 7.68. The largest absolute Gasteiger partial charge is 0.466 e. The van der Waals surface area contributed by atoms with E-state index in [4.69, 9.17) is 10.2 Å². The van der Waals surface area contributed by atoms with Crippen LogP contribution in [-0.4, -0.2) is 44.2 Å². The molecule has 4 heteroatoms. The van der Waals surface area contributed by atoms with Crippen molar-refractivity contribution in [1.82, 2.24) is 10.2 Å². The topological polar surface area (TPSA) is 54.4 Å². The van der Waals surface area contributed by atoms with E-state index in [-0.39, 0.29) is 0 Å². The molecule has 1 saturated heterocycles. The van der Waals surface area contributed by atoms with Gasteiger partial charge in [-0.2, -0.15) is 0 Å². The van der Waals surface area contributed by atoms with Crippen molar-refractivity contribution in [2.75, 3.05) is 39.3 Å². The molecule has 2 rings (SSSR count). The highest BCUT2D eigenvalue weighted by atomic mass is 16.3. The van der Waals surface area contributed by atoms with Gasteiger partial charge >= 0.3 is 0 Å². The van der Waals surface area contributed by atoms with Crippen LogP contribution < -0.4 is 11.1 Å². The van der Waals surface area contributed by atoms with E-state index < -0.39 is 0 Å². The van der Waals surface area contributed by atoms with E-state index >= 15 is 0 Å². The molecule has 1 fully saturated rings. The molecule has 2 heterocycles. The van der Waals surface area contributed by atoms with Crippen LogP contribution in [-0.2, 0) is 6.42 Å². The van der Waals surface area contributed by atoms with Crippen molar-refractivity contribution in [3.8, 4) is 0 Å². The van der Waals surface area contributed by atoms with Crippen LogP contribution in [0.4, 0.5) is 0 Å². The third-order valence-corrected chi connectivity index (χ3v) is 3.93. The summed E-state index contributed by atoms with van der Waals surface area (Å²) in [5.74, 6) is 2.91. The number of aryl methyl sites for hydroxylation is 1. The first-order chi connectivity index (χ1) is 9.28. The fourth-order valence-corrected chi connectivity index (χ4v) is 2.73. The number of furan rings is 1. The second-order valence-corrected chi connectivity index (χ2v) is 5.54. The summed E-state index contributed by atoms with van der Waals surface area (Å²) in [5, 5.41) is 3.56. The molecule has 19 heavy (non-hydrogen) atoms. The first-order valence-electron chi connectivity index (χ1n) is 7.46. The lowest BCUT2D eigenvalue weighted by Crippen LogP contribution is -2.39. The second-order valence-electron chi connectivity index (χ2n) is 5.54. The molecular weight excluding hydrogens is 238 g/mol. The Morgan fingerprint density at radius 1 is 1.37 bits per heavy atom. The molecule has 0 radical (unpaired) electrons. The highest BCUT2D eigenvalue weighted by Gasteiger charge is 2.17. The molecule has 4 nitrogen and oxygen atoms in total. The minimum atomic E-state index is 0.783. The molecular formula is C15H27N3O. The smallest absolute Gasteiger partial charge is 0.105 e. The molecule has 0 saturated carbocycles. The number of nitrogens with two attached hydrogens (primary N) is 1. The fourth-order valence-electron chi connectivity index (χ4n) is 2.73. The number of likely N-dealkylation sites (tertiary alicyclic amines) is 1. The van der Waals surface area contributed by atoms with Crippen LogP contribution in [0.2, 0.25) is 0 Å². The monoisotopic (exact) mass is 265 g/mol. The SMILES string of the molecule is Cc1ccc(CCNCC2CCN(CCN)CC2)o1. The van der Waals surface area contributed by atoms with Gasteiger partial charge in [0.05, 0.1) is 0 Å². The Morgan fingerprint density at radius 2 is 2.16 bits per heavy atom. The summed E-state index contributed by atoms with van der Waals surface area (Å²) in [6.07, 6.45) is 3.58. The first-order valence-corrected chi connectivity index (χ1v) is 7.46. The van der Waals surface area contributed by atoms with Crippen LogP contribution in [0.25, 0.3) is 0 Å². The summed E-state index contributed by atoms with van der Waals surface area (Å²) in [5.41, 5.74) is 5.59. The van der Waals surface area contributed by atoms with Crippen molar-refractivity contribution < 1.29 is 4.42 Å². The van der Waals surface area contributed by atoms with E-state index in [9.17, 15) is 0 Å². The first kappa shape index (κ1) is 14.6. The highest BCUT2D eigenvalue weighted by molar-refractivity contribution is 5.05. The van der Waals surface area contributed by atoms with Crippen LogP contribution in [0.1, 0.15) is 24.4 Å². The van der Waals surface area contributed by atoms with Gasteiger partial charge in [-0.3, -0.25) is 0 Å².